The Hall–Kier alpha value is -8.94. The number of allylic oxidation sites excluding steroid dienone is 6. The van der Waals surface area contributed by atoms with Crippen molar-refractivity contribution in [1.29, 1.82) is 5.26 Å². The van der Waals surface area contributed by atoms with E-state index in [1.54, 1.807) is 6.20 Å². The number of aliphatic hydroxyl groups is 3. The van der Waals surface area contributed by atoms with E-state index in [1.165, 1.54) is 92.8 Å². The molecule has 0 unspecified atom stereocenters. The number of hydrogen-bond donors (Lipinski definition) is 3. The molecule has 11 aromatic rings. The van der Waals surface area contributed by atoms with Gasteiger partial charge in [0.2, 0.25) is 0 Å². The summed E-state index contributed by atoms with van der Waals surface area (Å²) in [6.45, 7) is 8.54. The van der Waals surface area contributed by atoms with E-state index in [1.807, 2.05) is 116 Å². The molecule has 0 saturated heterocycles. The van der Waals surface area contributed by atoms with Gasteiger partial charge in [-0.3, -0.25) is 14.4 Å². The molecule has 0 saturated carbocycles. The molecule has 0 fully saturated rings. The predicted octanol–water partition coefficient (Wildman–Crippen LogP) is 17.4. The number of hydrogen-bond acceptors (Lipinski definition) is 10. The van der Waals surface area contributed by atoms with Crippen molar-refractivity contribution in [3.8, 4) is 62.1 Å². The van der Waals surface area contributed by atoms with Crippen LogP contribution in [-0.4, -0.2) is 47.6 Å². The number of aliphatic hydroxyl groups excluding tert-OH is 3. The summed E-state index contributed by atoms with van der Waals surface area (Å²) in [6.07, 6.45) is 9.14. The summed E-state index contributed by atoms with van der Waals surface area (Å²) in [5, 5.41) is 40.7. The number of nitriles is 1. The zero-order chi connectivity index (χ0) is 59.5. The van der Waals surface area contributed by atoms with Gasteiger partial charge >= 0.3 is 0 Å². The number of rotatable bonds is 8. The summed E-state index contributed by atoms with van der Waals surface area (Å²) in [5.41, 5.74) is 11.2. The Morgan fingerprint density at radius 1 is 0.384 bits per heavy atom. The maximum Gasteiger partial charge on any atom is 0.155 e. The van der Waals surface area contributed by atoms with Crippen LogP contribution in [0.5, 0.6) is 0 Å². The first-order valence-electron chi connectivity index (χ1n) is 26.3. The Bertz CT molecular complexity index is 4020. The van der Waals surface area contributed by atoms with Crippen LogP contribution in [-0.2, 0) is 74.7 Å². The predicted molar refractivity (Wildman–Crippen MR) is 335 cm³/mol. The Balaban J connectivity index is 0.000000287. The van der Waals surface area contributed by atoms with Crippen molar-refractivity contribution in [2.75, 3.05) is 0 Å². The second-order valence-electron chi connectivity index (χ2n) is 18.8. The Morgan fingerprint density at radius 3 is 1.21 bits per heavy atom. The molecule has 86 heavy (non-hydrogen) atoms. The molecular weight excluding hydrogens is 1610 g/mol. The third-order valence-corrected chi connectivity index (χ3v) is 11.7. The van der Waals surface area contributed by atoms with Gasteiger partial charge in [-0.25, -0.2) is 0 Å². The van der Waals surface area contributed by atoms with E-state index in [4.69, 9.17) is 20.6 Å². The summed E-state index contributed by atoms with van der Waals surface area (Å²) >= 11 is 0. The van der Waals surface area contributed by atoms with Gasteiger partial charge in [-0.05, 0) is 109 Å². The van der Waals surface area contributed by atoms with Crippen molar-refractivity contribution in [2.45, 2.75) is 41.5 Å². The van der Waals surface area contributed by atoms with E-state index in [0.29, 0.717) is 5.56 Å². The molecule has 3 heterocycles. The smallest absolute Gasteiger partial charge is 0.155 e. The maximum absolute atomic E-state index is 10.0. The summed E-state index contributed by atoms with van der Waals surface area (Å²) in [6, 6.07) is 81.3. The molecule has 3 N–H and O–H groups in total. The van der Waals surface area contributed by atoms with Gasteiger partial charge in [0.15, 0.2) is 17.3 Å². The van der Waals surface area contributed by atoms with Crippen LogP contribution in [0.2, 0.25) is 0 Å². The zero-order valence-corrected chi connectivity index (χ0v) is 55.1. The number of carbonyl (C=O) groups is 3. The van der Waals surface area contributed by atoms with Crippen LogP contribution < -0.4 is 0 Å². The van der Waals surface area contributed by atoms with Gasteiger partial charge in [-0.1, -0.05) is 145 Å². The summed E-state index contributed by atoms with van der Waals surface area (Å²) in [4.78, 5) is 43.6. The van der Waals surface area contributed by atoms with Crippen LogP contribution in [0.1, 0.15) is 47.1 Å². The molecule has 0 bridgehead atoms. The number of fused-ring (bicyclic) bond motifs is 3. The Labute approximate surface area is 543 Å². The maximum atomic E-state index is 10.0. The Kier molecular flexibility index (Phi) is 31.0. The van der Waals surface area contributed by atoms with Crippen molar-refractivity contribution < 1.29 is 90.0 Å². The van der Waals surface area contributed by atoms with Gasteiger partial charge in [-0.15, -0.1) is 101 Å². The molecule has 3 aromatic heterocycles. The largest absolute Gasteiger partial charge is 0.512 e. The normalized spacial score (nSPS) is 10.4. The molecule has 0 aliphatic carbocycles. The van der Waals surface area contributed by atoms with Gasteiger partial charge in [0.05, 0.1) is 28.9 Å². The summed E-state index contributed by atoms with van der Waals surface area (Å²) < 4.78 is 0. The van der Waals surface area contributed by atoms with Crippen molar-refractivity contribution in [3.05, 3.63) is 284 Å². The monoisotopic (exact) mass is 1670 g/mol. The number of nitrogens with zero attached hydrogens (tertiary/aromatic N) is 4. The SMILES string of the molecule is CC(=O)C=C(C)O.CC(=O)C=C(C)O.CC(=O)C=C(C)O.N#Cc1ccc2cc(-c3[c-]cccc3)ncc2c1.[Ir].[Ir].[Ir].[c-]1cc(-c2ccccc2)ccc1-c1cc2ccccc2cn1.[c-]1ccc(-c2ccccc2)cc1-c1cc2ccccc2cn1. The average Bonchev–Trinajstić information content (AvgIpc) is 2.25. The molecule has 0 spiro atoms. The van der Waals surface area contributed by atoms with Gasteiger partial charge in [0.1, 0.15) is 0 Å². The first-order valence-corrected chi connectivity index (χ1v) is 26.3. The van der Waals surface area contributed by atoms with Gasteiger partial charge in [-0.2, -0.15) is 5.26 Å². The van der Waals surface area contributed by atoms with Gasteiger partial charge < -0.3 is 30.3 Å². The van der Waals surface area contributed by atoms with Crippen LogP contribution in [0.4, 0.5) is 0 Å². The molecule has 0 amide bonds. The minimum Gasteiger partial charge on any atom is -0.512 e. The van der Waals surface area contributed by atoms with Crippen LogP contribution in [0.25, 0.3) is 88.3 Å². The van der Waals surface area contributed by atoms with Gasteiger partial charge in [0.25, 0.3) is 0 Å². The zero-order valence-electron chi connectivity index (χ0n) is 47.9. The van der Waals surface area contributed by atoms with Crippen LogP contribution in [0, 0.1) is 29.5 Å². The first-order chi connectivity index (χ1) is 40.0. The van der Waals surface area contributed by atoms with Crippen molar-refractivity contribution in [1.82, 2.24) is 15.0 Å². The molecule has 13 heteroatoms. The van der Waals surface area contributed by atoms with E-state index >= 15 is 0 Å². The molecule has 439 valence electrons. The molecular formula is C73H61Ir3N4O6-3. The molecule has 11 rings (SSSR count). The van der Waals surface area contributed by atoms with E-state index in [2.05, 4.69) is 142 Å². The number of aromatic nitrogens is 3. The second kappa shape index (κ2) is 37.4. The number of pyridine rings is 3. The topological polar surface area (TPSA) is 174 Å². The fourth-order valence-corrected chi connectivity index (χ4v) is 8.07. The second-order valence-corrected chi connectivity index (χ2v) is 18.8. The van der Waals surface area contributed by atoms with Crippen LogP contribution >= 0.6 is 0 Å². The number of ketones is 3. The van der Waals surface area contributed by atoms with Crippen molar-refractivity contribution in [2.24, 2.45) is 0 Å². The number of carbonyl (C=O) groups excluding carboxylic acids is 3. The quantitative estimate of drug-likeness (QED) is 0.0754. The molecule has 10 nitrogen and oxygen atoms in total. The van der Waals surface area contributed by atoms with E-state index in [0.717, 1.165) is 55.3 Å². The molecule has 3 radical (unpaired) electrons. The van der Waals surface area contributed by atoms with Crippen LogP contribution in [0.15, 0.2) is 260 Å². The molecule has 0 aliphatic rings. The fourth-order valence-electron chi connectivity index (χ4n) is 8.07. The first kappa shape index (κ1) is 71.3. The minimum absolute atomic E-state index is 0. The fraction of sp³-hybridized carbons (Fsp3) is 0.0822. The average molecular weight is 1670 g/mol. The van der Waals surface area contributed by atoms with Crippen molar-refractivity contribution >= 4 is 49.7 Å². The van der Waals surface area contributed by atoms with Crippen LogP contribution in [0.3, 0.4) is 0 Å². The molecule has 8 aromatic carbocycles. The number of benzene rings is 8. The van der Waals surface area contributed by atoms with E-state index < -0.39 is 0 Å². The summed E-state index contributed by atoms with van der Waals surface area (Å²) in [5.74, 6) is -0.187. The molecule has 0 aliphatic heterocycles. The standard InChI is InChI=1S/2C21H14N.C16H9N2.3C5H8O2.3Ir/c1-2-7-16(8-3-1)17-11-6-12-19(13-17)21-14-18-9-4-5-10-20(18)15-22-21;1-2-6-16(7-3-1)17-10-12-18(13-11-17)21-14-19-8-4-5-9-20(19)15-22-21;17-10-12-6-7-14-9-16(18-11-15(14)8-12)13-4-2-1-3-5-13;3*1-4(6)3-5(2)7;;;/h1-11,13-15H;1-12,14-15H;1-4,6-9,11H;3*3,6H,1-2H3;;;/q3*-1;;;;;;. The third kappa shape index (κ3) is 24.0. The van der Waals surface area contributed by atoms with E-state index in [9.17, 15) is 14.4 Å². The van der Waals surface area contributed by atoms with Gasteiger partial charge in [0, 0.05) is 97.1 Å². The van der Waals surface area contributed by atoms with Crippen molar-refractivity contribution in [3.63, 3.8) is 0 Å². The third-order valence-electron chi connectivity index (χ3n) is 11.7. The minimum atomic E-state index is -0.125. The summed E-state index contributed by atoms with van der Waals surface area (Å²) in [7, 11) is 0. The van der Waals surface area contributed by atoms with E-state index in [-0.39, 0.29) is 94.9 Å². The molecule has 0 atom stereocenters. The Morgan fingerprint density at radius 2 is 0.791 bits per heavy atom.